The van der Waals surface area contributed by atoms with Crippen LogP contribution in [0.5, 0.6) is 0 Å². The molecule has 3 amide bonds. The highest BCUT2D eigenvalue weighted by atomic mass is 32.2. The van der Waals surface area contributed by atoms with Gasteiger partial charge in [0.1, 0.15) is 10.6 Å². The van der Waals surface area contributed by atoms with E-state index < -0.39 is 30.3 Å². The molecule has 5 N–H and O–H groups in total. The Morgan fingerprint density at radius 3 is 2.30 bits per heavy atom. The van der Waals surface area contributed by atoms with Crippen molar-refractivity contribution in [1.29, 1.82) is 0 Å². The lowest BCUT2D eigenvalue weighted by atomic mass is 10.1. The van der Waals surface area contributed by atoms with Crippen molar-refractivity contribution in [3.05, 3.63) is 59.0 Å². The number of benzene rings is 1. The molecule has 1 aromatic carbocycles. The Bertz CT molecular complexity index is 1210. The van der Waals surface area contributed by atoms with Gasteiger partial charge in [0.25, 0.3) is 5.91 Å². The Kier molecular flexibility index (Phi) is 7.08. The number of nitrogens with two attached hydrogens (primary N) is 2. The van der Waals surface area contributed by atoms with E-state index in [4.69, 9.17) is 20.6 Å². The molecule has 2 aromatic heterocycles. The molecule has 11 nitrogen and oxygen atoms in total. The van der Waals surface area contributed by atoms with Crippen molar-refractivity contribution in [2.24, 2.45) is 11.5 Å². The fraction of sp³-hybridized carbons (Fsp3) is 0.143. The fourth-order valence-electron chi connectivity index (χ4n) is 2.83. The first-order valence-corrected chi connectivity index (χ1v) is 10.6. The summed E-state index contributed by atoms with van der Waals surface area (Å²) in [6.45, 7) is 0.976. The summed E-state index contributed by atoms with van der Waals surface area (Å²) < 4.78 is 10.4. The minimum Gasteiger partial charge on any atom is -0.461 e. The zero-order chi connectivity index (χ0) is 24.1. The van der Waals surface area contributed by atoms with Crippen molar-refractivity contribution in [3.63, 3.8) is 0 Å². The third-order valence-corrected chi connectivity index (χ3v) is 5.00. The van der Waals surface area contributed by atoms with Crippen LogP contribution in [-0.2, 0) is 9.53 Å². The van der Waals surface area contributed by atoms with Gasteiger partial charge < -0.3 is 25.9 Å². The standard InChI is InChI=1S/C21H19N5O6S/c1-10-16(20(33-2)26-19(24-10)14-4-3-5-31-14)21(30)32-9-15(27)25-13-7-11(17(22)28)6-12(8-13)18(23)29/h3-8H,9H2,1-2H3,(H2,22,28)(H2,23,29)(H,25,27). The molecule has 0 saturated heterocycles. The van der Waals surface area contributed by atoms with Crippen molar-refractivity contribution >= 4 is 41.1 Å². The molecule has 33 heavy (non-hydrogen) atoms. The number of carbonyl (C=O) groups excluding carboxylic acids is 4. The van der Waals surface area contributed by atoms with Crippen LogP contribution in [0.1, 0.15) is 36.8 Å². The third kappa shape index (κ3) is 5.54. The summed E-state index contributed by atoms with van der Waals surface area (Å²) in [6.07, 6.45) is 3.22. The number of aryl methyl sites for hydroxylation is 1. The van der Waals surface area contributed by atoms with Crippen LogP contribution in [0.4, 0.5) is 5.69 Å². The number of anilines is 1. The molecular weight excluding hydrogens is 450 g/mol. The van der Waals surface area contributed by atoms with Gasteiger partial charge in [-0.1, -0.05) is 0 Å². The average Bonchev–Trinajstić information content (AvgIpc) is 3.31. The average molecular weight is 469 g/mol. The molecule has 0 aliphatic carbocycles. The van der Waals surface area contributed by atoms with Crippen LogP contribution in [0.15, 0.2) is 46.0 Å². The molecule has 0 atom stereocenters. The highest BCUT2D eigenvalue weighted by Gasteiger charge is 2.22. The van der Waals surface area contributed by atoms with Crippen LogP contribution >= 0.6 is 11.8 Å². The monoisotopic (exact) mass is 469 g/mol. The molecule has 0 radical (unpaired) electrons. The third-order valence-electron chi connectivity index (χ3n) is 4.32. The van der Waals surface area contributed by atoms with Gasteiger partial charge in [0.05, 0.1) is 12.0 Å². The van der Waals surface area contributed by atoms with Crippen molar-refractivity contribution in [2.45, 2.75) is 11.9 Å². The topological polar surface area (TPSA) is 180 Å². The van der Waals surface area contributed by atoms with E-state index in [-0.39, 0.29) is 22.4 Å². The maximum Gasteiger partial charge on any atom is 0.343 e. The van der Waals surface area contributed by atoms with Crippen molar-refractivity contribution in [1.82, 2.24) is 9.97 Å². The van der Waals surface area contributed by atoms with E-state index in [1.165, 1.54) is 36.2 Å². The molecule has 0 aliphatic rings. The summed E-state index contributed by atoms with van der Waals surface area (Å²) in [6, 6.07) is 7.13. The van der Waals surface area contributed by atoms with Gasteiger partial charge in [0.15, 0.2) is 18.2 Å². The number of rotatable bonds is 8. The van der Waals surface area contributed by atoms with E-state index in [0.29, 0.717) is 22.3 Å². The number of hydrogen-bond donors (Lipinski definition) is 3. The van der Waals surface area contributed by atoms with Gasteiger partial charge >= 0.3 is 5.97 Å². The number of esters is 1. The number of nitrogens with one attached hydrogen (secondary N) is 1. The number of hydrogen-bond acceptors (Lipinski definition) is 9. The number of carbonyl (C=O) groups is 4. The number of thioether (sulfide) groups is 1. The Hall–Kier alpha value is -4.19. The van der Waals surface area contributed by atoms with Crippen LogP contribution in [0.25, 0.3) is 11.6 Å². The zero-order valence-electron chi connectivity index (χ0n) is 17.6. The fourth-order valence-corrected chi connectivity index (χ4v) is 3.44. The number of amides is 3. The van der Waals surface area contributed by atoms with Gasteiger partial charge in [-0.05, 0) is 43.5 Å². The molecule has 0 aliphatic heterocycles. The maximum absolute atomic E-state index is 12.6. The van der Waals surface area contributed by atoms with Crippen LogP contribution in [0.2, 0.25) is 0 Å². The quantitative estimate of drug-likeness (QED) is 0.251. The summed E-state index contributed by atoms with van der Waals surface area (Å²) in [7, 11) is 0. The summed E-state index contributed by atoms with van der Waals surface area (Å²) >= 11 is 1.21. The lowest BCUT2D eigenvalue weighted by Gasteiger charge is -2.12. The van der Waals surface area contributed by atoms with E-state index in [1.807, 2.05) is 0 Å². The number of furan rings is 1. The predicted octanol–water partition coefficient (Wildman–Crippen LogP) is 1.76. The number of nitrogens with zero attached hydrogens (tertiary/aromatic N) is 2. The molecule has 170 valence electrons. The normalized spacial score (nSPS) is 10.5. The number of aromatic nitrogens is 2. The molecular formula is C21H19N5O6S. The van der Waals surface area contributed by atoms with E-state index >= 15 is 0 Å². The van der Waals surface area contributed by atoms with Crippen molar-refractivity contribution in [3.8, 4) is 11.6 Å². The zero-order valence-corrected chi connectivity index (χ0v) is 18.4. The second-order valence-electron chi connectivity index (χ2n) is 6.65. The van der Waals surface area contributed by atoms with Gasteiger partial charge in [-0.15, -0.1) is 11.8 Å². The van der Waals surface area contributed by atoms with Gasteiger partial charge in [0.2, 0.25) is 11.8 Å². The Morgan fingerprint density at radius 2 is 1.76 bits per heavy atom. The van der Waals surface area contributed by atoms with Crippen LogP contribution in [0, 0.1) is 6.92 Å². The first-order chi connectivity index (χ1) is 15.7. The maximum atomic E-state index is 12.6. The lowest BCUT2D eigenvalue weighted by molar-refractivity contribution is -0.119. The van der Waals surface area contributed by atoms with E-state index in [2.05, 4.69) is 15.3 Å². The van der Waals surface area contributed by atoms with Gasteiger partial charge in [-0.2, -0.15) is 0 Å². The van der Waals surface area contributed by atoms with Crippen molar-refractivity contribution in [2.75, 3.05) is 18.2 Å². The Balaban J connectivity index is 1.73. The SMILES string of the molecule is CSc1nc(-c2ccco2)nc(C)c1C(=O)OCC(=O)Nc1cc(C(N)=O)cc(C(N)=O)c1. The first-order valence-electron chi connectivity index (χ1n) is 9.37. The predicted molar refractivity (Wildman–Crippen MR) is 119 cm³/mol. The summed E-state index contributed by atoms with van der Waals surface area (Å²) in [5.74, 6) is -2.35. The van der Waals surface area contributed by atoms with Crippen LogP contribution in [-0.4, -0.2) is 46.5 Å². The van der Waals surface area contributed by atoms with Gasteiger partial charge in [0, 0.05) is 16.8 Å². The van der Waals surface area contributed by atoms with Gasteiger partial charge in [-0.3, -0.25) is 14.4 Å². The first kappa shape index (κ1) is 23.5. The molecule has 3 aromatic rings. The summed E-state index contributed by atoms with van der Waals surface area (Å²) in [5, 5.41) is 2.79. The smallest absolute Gasteiger partial charge is 0.343 e. The van der Waals surface area contributed by atoms with E-state index in [0.717, 1.165) is 0 Å². The summed E-state index contributed by atoms with van der Waals surface area (Å²) in [4.78, 5) is 56.4. The minimum absolute atomic E-state index is 0.0207. The highest BCUT2D eigenvalue weighted by molar-refractivity contribution is 7.98. The van der Waals surface area contributed by atoms with Gasteiger partial charge in [-0.25, -0.2) is 14.8 Å². The second kappa shape index (κ2) is 9.96. The molecule has 0 saturated carbocycles. The van der Waals surface area contributed by atoms with Crippen LogP contribution in [0.3, 0.4) is 0 Å². The minimum atomic E-state index is -0.807. The molecule has 0 fully saturated rings. The number of ether oxygens (including phenoxy) is 1. The Labute approximate surface area is 191 Å². The molecule has 0 spiro atoms. The lowest BCUT2D eigenvalue weighted by Crippen LogP contribution is -2.23. The van der Waals surface area contributed by atoms with Crippen LogP contribution < -0.4 is 16.8 Å². The Morgan fingerprint density at radius 1 is 1.09 bits per heavy atom. The molecule has 12 heteroatoms. The van der Waals surface area contributed by atoms with Crippen molar-refractivity contribution < 1.29 is 28.3 Å². The molecule has 0 bridgehead atoms. The highest BCUT2D eigenvalue weighted by Crippen LogP contribution is 2.25. The van der Waals surface area contributed by atoms with E-state index in [1.54, 1.807) is 25.3 Å². The molecule has 2 heterocycles. The van der Waals surface area contributed by atoms with E-state index in [9.17, 15) is 19.2 Å². The summed E-state index contributed by atoms with van der Waals surface area (Å²) in [5.41, 5.74) is 11.0. The largest absolute Gasteiger partial charge is 0.461 e. The second-order valence-corrected chi connectivity index (χ2v) is 7.44. The molecule has 0 unspecified atom stereocenters. The molecule has 3 rings (SSSR count). The number of primary amides is 2.